The molecule has 0 aliphatic rings. The second-order valence-corrected chi connectivity index (χ2v) is 5.56. The Hall–Kier alpha value is -1.13. The monoisotopic (exact) mass is 312 g/mol. The number of nitrogens with zero attached hydrogens (tertiary/aromatic N) is 1. The average molecular weight is 313 g/mol. The van der Waals surface area contributed by atoms with Crippen molar-refractivity contribution in [3.8, 4) is 0 Å². The van der Waals surface area contributed by atoms with Crippen LogP contribution in [-0.2, 0) is 0 Å². The first-order valence-electron chi connectivity index (χ1n) is 7.74. The Bertz CT molecular complexity index is 396. The number of rotatable bonds is 11. The van der Waals surface area contributed by atoms with Crippen LogP contribution in [0.15, 0.2) is 18.3 Å². The molecule has 0 spiro atoms. The van der Waals surface area contributed by atoms with Gasteiger partial charge >= 0.3 is 0 Å². The zero-order chi connectivity index (χ0) is 15.3. The molecule has 21 heavy (non-hydrogen) atoms. The largest absolute Gasteiger partial charge is 0.396 e. The van der Waals surface area contributed by atoms with Crippen LogP contribution < -0.4 is 5.32 Å². The predicted molar refractivity (Wildman–Crippen MR) is 85.6 cm³/mol. The smallest absolute Gasteiger partial charge is 0.252 e. The molecule has 1 aromatic rings. The van der Waals surface area contributed by atoms with Crippen molar-refractivity contribution in [2.45, 2.75) is 51.4 Å². The van der Waals surface area contributed by atoms with Gasteiger partial charge in [0.05, 0.1) is 5.56 Å². The maximum atomic E-state index is 11.8. The molecule has 0 aliphatic carbocycles. The fourth-order valence-electron chi connectivity index (χ4n) is 2.11. The summed E-state index contributed by atoms with van der Waals surface area (Å²) >= 11 is 5.68. The molecule has 2 N–H and O–H groups in total. The molecule has 0 aliphatic heterocycles. The molecule has 1 rings (SSSR count). The molecular formula is C16H25ClN2O2. The minimum Gasteiger partial charge on any atom is -0.396 e. The van der Waals surface area contributed by atoms with Crippen molar-refractivity contribution >= 4 is 17.5 Å². The van der Waals surface area contributed by atoms with Crippen LogP contribution in [0.25, 0.3) is 0 Å². The molecule has 5 heteroatoms. The molecule has 0 radical (unpaired) electrons. The Morgan fingerprint density at radius 2 is 1.67 bits per heavy atom. The Balaban J connectivity index is 1.96. The molecule has 0 saturated carbocycles. The summed E-state index contributed by atoms with van der Waals surface area (Å²) in [6, 6.07) is 3.30. The number of aliphatic hydroxyl groups excluding tert-OH is 1. The lowest BCUT2D eigenvalue weighted by Gasteiger charge is -2.05. The van der Waals surface area contributed by atoms with Crippen molar-refractivity contribution < 1.29 is 9.90 Å². The molecule has 0 saturated heterocycles. The van der Waals surface area contributed by atoms with E-state index in [1.54, 1.807) is 12.1 Å². The Labute approximate surface area is 131 Å². The summed E-state index contributed by atoms with van der Waals surface area (Å²) in [5.41, 5.74) is 0.545. The van der Waals surface area contributed by atoms with Crippen LogP contribution in [0.5, 0.6) is 0 Å². The van der Waals surface area contributed by atoms with Crippen molar-refractivity contribution in [2.75, 3.05) is 13.2 Å². The van der Waals surface area contributed by atoms with Crippen LogP contribution in [0.2, 0.25) is 5.15 Å². The van der Waals surface area contributed by atoms with Gasteiger partial charge in [0.15, 0.2) is 0 Å². The first kappa shape index (κ1) is 17.9. The number of unbranched alkanes of at least 4 members (excludes halogenated alkanes) is 7. The van der Waals surface area contributed by atoms with E-state index in [4.69, 9.17) is 16.7 Å². The molecule has 4 nitrogen and oxygen atoms in total. The summed E-state index contributed by atoms with van der Waals surface area (Å²) in [5, 5.41) is 11.9. The van der Waals surface area contributed by atoms with Gasteiger partial charge in [-0.2, -0.15) is 0 Å². The number of aromatic nitrogens is 1. The van der Waals surface area contributed by atoms with Gasteiger partial charge in [0.1, 0.15) is 5.15 Å². The third kappa shape index (κ3) is 8.68. The van der Waals surface area contributed by atoms with Gasteiger partial charge in [0.2, 0.25) is 0 Å². The Kier molecular flexibility index (Phi) is 9.83. The molecule has 0 aromatic carbocycles. The van der Waals surface area contributed by atoms with Crippen molar-refractivity contribution in [2.24, 2.45) is 0 Å². The number of nitrogens with one attached hydrogen (secondary N) is 1. The number of halogens is 1. The van der Waals surface area contributed by atoms with Crippen molar-refractivity contribution in [3.05, 3.63) is 29.0 Å². The highest BCUT2D eigenvalue weighted by Gasteiger charge is 2.04. The van der Waals surface area contributed by atoms with Crippen LogP contribution in [-0.4, -0.2) is 29.1 Å². The summed E-state index contributed by atoms with van der Waals surface area (Å²) in [5.74, 6) is -0.0943. The number of hydrogen-bond donors (Lipinski definition) is 2. The number of amides is 1. The van der Waals surface area contributed by atoms with Crippen LogP contribution in [0.3, 0.4) is 0 Å². The number of pyridine rings is 1. The normalized spacial score (nSPS) is 10.6. The molecule has 118 valence electrons. The summed E-state index contributed by atoms with van der Waals surface area (Å²) < 4.78 is 0. The molecule has 1 heterocycles. The molecule has 0 unspecified atom stereocenters. The molecule has 0 atom stereocenters. The second kappa shape index (κ2) is 11.5. The summed E-state index contributed by atoms with van der Waals surface area (Å²) in [6.07, 6.45) is 10.6. The molecular weight excluding hydrogens is 288 g/mol. The molecule has 1 amide bonds. The first-order chi connectivity index (χ1) is 10.2. The van der Waals surface area contributed by atoms with Crippen LogP contribution in [0.1, 0.15) is 61.7 Å². The maximum absolute atomic E-state index is 11.8. The van der Waals surface area contributed by atoms with Gasteiger partial charge in [0.25, 0.3) is 5.91 Å². The Morgan fingerprint density at radius 1 is 1.05 bits per heavy atom. The van der Waals surface area contributed by atoms with Gasteiger partial charge in [-0.05, 0) is 25.0 Å². The Morgan fingerprint density at radius 3 is 2.24 bits per heavy atom. The fraction of sp³-hybridized carbons (Fsp3) is 0.625. The zero-order valence-electron chi connectivity index (χ0n) is 12.5. The number of aliphatic hydroxyl groups is 1. The van der Waals surface area contributed by atoms with E-state index in [9.17, 15) is 4.79 Å². The lowest BCUT2D eigenvalue weighted by atomic mass is 10.1. The van der Waals surface area contributed by atoms with Crippen molar-refractivity contribution in [1.29, 1.82) is 0 Å². The van der Waals surface area contributed by atoms with Gasteiger partial charge in [0, 0.05) is 19.3 Å². The highest BCUT2D eigenvalue weighted by molar-refractivity contribution is 6.29. The van der Waals surface area contributed by atoms with E-state index in [-0.39, 0.29) is 5.91 Å². The summed E-state index contributed by atoms with van der Waals surface area (Å²) in [7, 11) is 0. The highest BCUT2D eigenvalue weighted by Crippen LogP contribution is 2.08. The molecule has 0 bridgehead atoms. The quantitative estimate of drug-likeness (QED) is 0.485. The lowest BCUT2D eigenvalue weighted by Crippen LogP contribution is -2.24. The topological polar surface area (TPSA) is 62.2 Å². The van der Waals surface area contributed by atoms with E-state index in [0.717, 1.165) is 25.7 Å². The number of carbonyl (C=O) groups excluding carboxylic acids is 1. The second-order valence-electron chi connectivity index (χ2n) is 5.18. The van der Waals surface area contributed by atoms with E-state index in [1.165, 1.54) is 31.9 Å². The van der Waals surface area contributed by atoms with Gasteiger partial charge in [-0.15, -0.1) is 0 Å². The third-order valence-electron chi connectivity index (χ3n) is 3.36. The van der Waals surface area contributed by atoms with Crippen molar-refractivity contribution in [3.63, 3.8) is 0 Å². The maximum Gasteiger partial charge on any atom is 0.252 e. The lowest BCUT2D eigenvalue weighted by molar-refractivity contribution is 0.0952. The van der Waals surface area contributed by atoms with E-state index < -0.39 is 0 Å². The van der Waals surface area contributed by atoms with Crippen molar-refractivity contribution in [1.82, 2.24) is 10.3 Å². The SMILES string of the molecule is O=C(NCCCCCCCCCCO)c1ccc(Cl)nc1. The zero-order valence-corrected chi connectivity index (χ0v) is 13.2. The molecule has 1 aromatic heterocycles. The highest BCUT2D eigenvalue weighted by atomic mass is 35.5. The van der Waals surface area contributed by atoms with Crippen LogP contribution >= 0.6 is 11.6 Å². The van der Waals surface area contributed by atoms with Gasteiger partial charge in [-0.3, -0.25) is 4.79 Å². The summed E-state index contributed by atoms with van der Waals surface area (Å²) in [4.78, 5) is 15.7. The van der Waals surface area contributed by atoms with E-state index >= 15 is 0 Å². The van der Waals surface area contributed by atoms with Gasteiger partial charge in [-0.1, -0.05) is 50.1 Å². The summed E-state index contributed by atoms with van der Waals surface area (Å²) in [6.45, 7) is 1.01. The fourth-order valence-corrected chi connectivity index (χ4v) is 2.22. The van der Waals surface area contributed by atoms with Crippen LogP contribution in [0, 0.1) is 0 Å². The minimum atomic E-state index is -0.0943. The van der Waals surface area contributed by atoms with E-state index in [0.29, 0.717) is 23.9 Å². The van der Waals surface area contributed by atoms with E-state index in [1.807, 2.05) is 0 Å². The minimum absolute atomic E-state index is 0.0943. The molecule has 0 fully saturated rings. The average Bonchev–Trinajstić information content (AvgIpc) is 2.49. The standard InChI is InChI=1S/C16H25ClN2O2/c17-15-10-9-14(13-19-15)16(21)18-11-7-5-3-1-2-4-6-8-12-20/h9-10,13,20H,1-8,11-12H2,(H,18,21). The van der Waals surface area contributed by atoms with Gasteiger partial charge < -0.3 is 10.4 Å². The van der Waals surface area contributed by atoms with Gasteiger partial charge in [-0.25, -0.2) is 4.98 Å². The first-order valence-corrected chi connectivity index (χ1v) is 8.12. The number of hydrogen-bond acceptors (Lipinski definition) is 3. The van der Waals surface area contributed by atoms with Crippen LogP contribution in [0.4, 0.5) is 0 Å². The number of carbonyl (C=O) groups is 1. The van der Waals surface area contributed by atoms with E-state index in [2.05, 4.69) is 10.3 Å². The third-order valence-corrected chi connectivity index (χ3v) is 3.58. The predicted octanol–water partition coefficient (Wildman–Crippen LogP) is 3.58.